The number of pyridine rings is 1. The van der Waals surface area contributed by atoms with E-state index in [1.54, 1.807) is 10.6 Å². The van der Waals surface area contributed by atoms with Crippen LogP contribution in [-0.4, -0.2) is 14.6 Å². The Bertz CT molecular complexity index is 708. The fourth-order valence-electron chi connectivity index (χ4n) is 1.81. The average Bonchev–Trinajstić information content (AvgIpc) is 2.70. The van der Waals surface area contributed by atoms with Gasteiger partial charge in [0.25, 0.3) is 0 Å². The summed E-state index contributed by atoms with van der Waals surface area (Å²) in [6.07, 6.45) is 2.37. The van der Waals surface area contributed by atoms with Crippen molar-refractivity contribution in [1.29, 1.82) is 0 Å². The predicted octanol–water partition coefficient (Wildman–Crippen LogP) is 3.22. The van der Waals surface area contributed by atoms with E-state index in [9.17, 15) is 4.39 Å². The molecular formula is C13H9BrFN3. The standard InChI is InChI=1S/C13H9BrFN3/c14-10-4-5-13-16-12(17-18(13)8-10)7-9-2-1-3-11(15)6-9/h1-6,8H,7H2. The molecule has 0 saturated carbocycles. The van der Waals surface area contributed by atoms with E-state index in [0.717, 1.165) is 15.7 Å². The quantitative estimate of drug-likeness (QED) is 0.727. The van der Waals surface area contributed by atoms with Crippen molar-refractivity contribution in [2.75, 3.05) is 0 Å². The molecular weight excluding hydrogens is 297 g/mol. The third-order valence-electron chi connectivity index (χ3n) is 2.59. The van der Waals surface area contributed by atoms with Crippen molar-refractivity contribution in [2.45, 2.75) is 6.42 Å². The first-order chi connectivity index (χ1) is 8.70. The first kappa shape index (κ1) is 11.3. The third kappa shape index (κ3) is 2.26. The van der Waals surface area contributed by atoms with E-state index in [-0.39, 0.29) is 5.82 Å². The summed E-state index contributed by atoms with van der Waals surface area (Å²) in [5, 5.41) is 4.35. The van der Waals surface area contributed by atoms with E-state index < -0.39 is 0 Å². The van der Waals surface area contributed by atoms with E-state index in [1.807, 2.05) is 24.4 Å². The number of hydrogen-bond donors (Lipinski definition) is 0. The number of benzene rings is 1. The minimum absolute atomic E-state index is 0.237. The van der Waals surface area contributed by atoms with Crippen molar-refractivity contribution in [2.24, 2.45) is 0 Å². The Morgan fingerprint density at radius 2 is 2.11 bits per heavy atom. The number of halogens is 2. The lowest BCUT2D eigenvalue weighted by Gasteiger charge is -1.96. The predicted molar refractivity (Wildman–Crippen MR) is 69.9 cm³/mol. The van der Waals surface area contributed by atoms with Gasteiger partial charge in [-0.2, -0.15) is 5.10 Å². The summed E-state index contributed by atoms with van der Waals surface area (Å²) >= 11 is 3.38. The maximum atomic E-state index is 13.1. The summed E-state index contributed by atoms with van der Waals surface area (Å²) < 4.78 is 15.7. The van der Waals surface area contributed by atoms with E-state index >= 15 is 0 Å². The molecule has 2 aromatic heterocycles. The van der Waals surface area contributed by atoms with E-state index in [0.29, 0.717) is 12.2 Å². The van der Waals surface area contributed by atoms with Gasteiger partial charge in [0.15, 0.2) is 11.5 Å². The fraction of sp³-hybridized carbons (Fsp3) is 0.0769. The van der Waals surface area contributed by atoms with Gasteiger partial charge in [0.05, 0.1) is 0 Å². The average molecular weight is 306 g/mol. The van der Waals surface area contributed by atoms with Gasteiger partial charge in [-0.3, -0.25) is 0 Å². The zero-order valence-corrected chi connectivity index (χ0v) is 10.9. The highest BCUT2D eigenvalue weighted by molar-refractivity contribution is 9.10. The first-order valence-electron chi connectivity index (χ1n) is 5.46. The topological polar surface area (TPSA) is 30.2 Å². The van der Waals surface area contributed by atoms with Gasteiger partial charge in [-0.25, -0.2) is 13.9 Å². The van der Waals surface area contributed by atoms with Gasteiger partial charge in [-0.05, 0) is 45.8 Å². The molecule has 2 heterocycles. The second-order valence-electron chi connectivity index (χ2n) is 3.98. The Kier molecular flexibility index (Phi) is 2.83. The van der Waals surface area contributed by atoms with Crippen molar-refractivity contribution in [3.8, 4) is 0 Å². The molecule has 3 rings (SSSR count). The molecule has 0 amide bonds. The maximum absolute atomic E-state index is 13.1. The molecule has 1 aromatic carbocycles. The lowest BCUT2D eigenvalue weighted by molar-refractivity contribution is 0.625. The largest absolute Gasteiger partial charge is 0.220 e. The van der Waals surface area contributed by atoms with Crippen LogP contribution in [0.15, 0.2) is 47.1 Å². The Labute approximate surface area is 111 Å². The lowest BCUT2D eigenvalue weighted by atomic mass is 10.1. The monoisotopic (exact) mass is 305 g/mol. The number of nitrogens with zero attached hydrogens (tertiary/aromatic N) is 3. The van der Waals surface area contributed by atoms with Gasteiger partial charge in [-0.15, -0.1) is 0 Å². The summed E-state index contributed by atoms with van der Waals surface area (Å²) in [5.41, 5.74) is 1.65. The van der Waals surface area contributed by atoms with Crippen molar-refractivity contribution in [1.82, 2.24) is 14.6 Å². The molecule has 0 aliphatic carbocycles. The minimum Gasteiger partial charge on any atom is -0.220 e. The van der Waals surface area contributed by atoms with Crippen molar-refractivity contribution < 1.29 is 4.39 Å². The molecule has 0 aliphatic rings. The highest BCUT2D eigenvalue weighted by Crippen LogP contribution is 2.13. The summed E-state index contributed by atoms with van der Waals surface area (Å²) in [5.74, 6) is 0.442. The van der Waals surface area contributed by atoms with Crippen molar-refractivity contribution >= 4 is 21.6 Å². The Morgan fingerprint density at radius 3 is 2.94 bits per heavy atom. The minimum atomic E-state index is -0.237. The van der Waals surface area contributed by atoms with Crippen molar-refractivity contribution in [3.63, 3.8) is 0 Å². The fourth-order valence-corrected chi connectivity index (χ4v) is 2.13. The van der Waals surface area contributed by atoms with Crippen LogP contribution in [0.4, 0.5) is 4.39 Å². The molecule has 90 valence electrons. The second kappa shape index (κ2) is 4.49. The summed E-state index contributed by atoms with van der Waals surface area (Å²) in [6.45, 7) is 0. The molecule has 0 unspecified atom stereocenters. The second-order valence-corrected chi connectivity index (χ2v) is 4.90. The van der Waals surface area contributed by atoms with Crippen LogP contribution in [0, 0.1) is 5.82 Å². The lowest BCUT2D eigenvalue weighted by Crippen LogP contribution is -1.92. The third-order valence-corrected chi connectivity index (χ3v) is 3.06. The SMILES string of the molecule is Fc1cccc(Cc2nc3ccc(Br)cn3n2)c1. The van der Waals surface area contributed by atoms with Crippen LogP contribution in [-0.2, 0) is 6.42 Å². The molecule has 5 heteroatoms. The van der Waals surface area contributed by atoms with Crippen LogP contribution in [0.2, 0.25) is 0 Å². The molecule has 0 N–H and O–H groups in total. The zero-order chi connectivity index (χ0) is 12.5. The molecule has 0 spiro atoms. The van der Waals surface area contributed by atoms with E-state index in [1.165, 1.54) is 12.1 Å². The highest BCUT2D eigenvalue weighted by atomic mass is 79.9. The van der Waals surface area contributed by atoms with Gasteiger partial charge < -0.3 is 0 Å². The van der Waals surface area contributed by atoms with Gasteiger partial charge in [0, 0.05) is 17.1 Å². The maximum Gasteiger partial charge on any atom is 0.156 e. The Morgan fingerprint density at radius 1 is 1.22 bits per heavy atom. The molecule has 0 aliphatic heterocycles. The Balaban J connectivity index is 1.95. The molecule has 0 bridgehead atoms. The number of aromatic nitrogens is 3. The summed E-state index contributed by atoms with van der Waals surface area (Å²) in [4.78, 5) is 4.39. The van der Waals surface area contributed by atoms with Gasteiger partial charge in [0.2, 0.25) is 0 Å². The molecule has 0 fully saturated rings. The summed E-state index contributed by atoms with van der Waals surface area (Å²) in [6, 6.07) is 10.3. The molecule has 0 atom stereocenters. The molecule has 18 heavy (non-hydrogen) atoms. The van der Waals surface area contributed by atoms with E-state index in [4.69, 9.17) is 0 Å². The smallest absolute Gasteiger partial charge is 0.156 e. The first-order valence-corrected chi connectivity index (χ1v) is 6.25. The van der Waals surface area contributed by atoms with E-state index in [2.05, 4.69) is 26.0 Å². The molecule has 0 saturated heterocycles. The van der Waals surface area contributed by atoms with Gasteiger partial charge in [-0.1, -0.05) is 12.1 Å². The van der Waals surface area contributed by atoms with Crippen LogP contribution in [0.25, 0.3) is 5.65 Å². The van der Waals surface area contributed by atoms with Crippen molar-refractivity contribution in [3.05, 3.63) is 64.3 Å². The van der Waals surface area contributed by atoms with Gasteiger partial charge >= 0.3 is 0 Å². The molecule has 3 nitrogen and oxygen atoms in total. The molecule has 0 radical (unpaired) electrons. The zero-order valence-electron chi connectivity index (χ0n) is 9.35. The highest BCUT2D eigenvalue weighted by Gasteiger charge is 2.05. The normalized spacial score (nSPS) is 11.0. The van der Waals surface area contributed by atoms with Gasteiger partial charge in [0.1, 0.15) is 5.82 Å². The summed E-state index contributed by atoms with van der Waals surface area (Å²) in [7, 11) is 0. The number of fused-ring (bicyclic) bond motifs is 1. The van der Waals surface area contributed by atoms with Crippen LogP contribution in [0.5, 0.6) is 0 Å². The number of rotatable bonds is 2. The Hall–Kier alpha value is -1.75. The number of hydrogen-bond acceptors (Lipinski definition) is 2. The van der Waals surface area contributed by atoms with Crippen LogP contribution in [0.3, 0.4) is 0 Å². The molecule has 3 aromatic rings. The van der Waals surface area contributed by atoms with Crippen LogP contribution < -0.4 is 0 Å². The van der Waals surface area contributed by atoms with Crippen LogP contribution >= 0.6 is 15.9 Å². The van der Waals surface area contributed by atoms with Crippen LogP contribution in [0.1, 0.15) is 11.4 Å².